The molecule has 1 amide bonds. The standard InChI is InChI=1S/C20H18ClN9O2.ClH/c1-30-18(17(28-29-30)14-4-3-12(21)10-23-14)19(31)26-15-6-5-13(27-20(15)32-2)11-8-24-16(7-22)25-9-11;/h3-6,8-10H,7,22H2,1-2H3,(H,26,31);1H. The number of hydrogen-bond donors (Lipinski definition) is 2. The van der Waals surface area contributed by atoms with E-state index < -0.39 is 5.91 Å². The van der Waals surface area contributed by atoms with Crippen LogP contribution in [0.15, 0.2) is 42.9 Å². The lowest BCUT2D eigenvalue weighted by atomic mass is 10.2. The third-order valence-electron chi connectivity index (χ3n) is 4.50. The van der Waals surface area contributed by atoms with Crippen LogP contribution in [0.1, 0.15) is 16.3 Å². The molecule has 0 atom stereocenters. The average molecular weight is 488 g/mol. The van der Waals surface area contributed by atoms with Crippen molar-refractivity contribution in [2.75, 3.05) is 12.4 Å². The van der Waals surface area contributed by atoms with Gasteiger partial charge in [0.15, 0.2) is 5.69 Å². The molecule has 0 aliphatic rings. The summed E-state index contributed by atoms with van der Waals surface area (Å²) in [6, 6.07) is 6.73. The van der Waals surface area contributed by atoms with E-state index >= 15 is 0 Å². The van der Waals surface area contributed by atoms with E-state index in [4.69, 9.17) is 22.1 Å². The number of ether oxygens (including phenoxy) is 1. The van der Waals surface area contributed by atoms with E-state index in [2.05, 4.69) is 35.6 Å². The molecule has 0 aliphatic carbocycles. The number of aryl methyl sites for hydroxylation is 1. The molecule has 0 unspecified atom stereocenters. The number of carbonyl (C=O) groups excluding carboxylic acids is 1. The molecule has 0 spiro atoms. The molecule has 4 rings (SSSR count). The maximum absolute atomic E-state index is 13.1. The monoisotopic (exact) mass is 487 g/mol. The molecule has 4 heterocycles. The Bertz CT molecular complexity index is 1260. The molecule has 0 bridgehead atoms. The molecule has 0 radical (unpaired) electrons. The summed E-state index contributed by atoms with van der Waals surface area (Å²) < 4.78 is 6.74. The number of methoxy groups -OCH3 is 1. The molecule has 11 nitrogen and oxygen atoms in total. The minimum atomic E-state index is -0.451. The average Bonchev–Trinajstić information content (AvgIpc) is 3.21. The van der Waals surface area contributed by atoms with Gasteiger partial charge < -0.3 is 15.8 Å². The lowest BCUT2D eigenvalue weighted by Crippen LogP contribution is -2.18. The van der Waals surface area contributed by atoms with Gasteiger partial charge in [-0.1, -0.05) is 16.8 Å². The summed E-state index contributed by atoms with van der Waals surface area (Å²) in [6.07, 6.45) is 4.73. The summed E-state index contributed by atoms with van der Waals surface area (Å²) in [5.74, 6) is 0.299. The van der Waals surface area contributed by atoms with Crippen molar-refractivity contribution < 1.29 is 9.53 Å². The molecule has 4 aromatic heterocycles. The van der Waals surface area contributed by atoms with Crippen molar-refractivity contribution in [1.29, 1.82) is 0 Å². The van der Waals surface area contributed by atoms with Crippen molar-refractivity contribution in [3.8, 4) is 28.5 Å². The maximum atomic E-state index is 13.1. The Morgan fingerprint density at radius 2 is 1.85 bits per heavy atom. The van der Waals surface area contributed by atoms with Crippen molar-refractivity contribution in [3.05, 3.63) is 59.4 Å². The Morgan fingerprint density at radius 1 is 1.12 bits per heavy atom. The fourth-order valence-electron chi connectivity index (χ4n) is 2.93. The minimum absolute atomic E-state index is 0. The van der Waals surface area contributed by atoms with Crippen LogP contribution < -0.4 is 15.8 Å². The van der Waals surface area contributed by atoms with Gasteiger partial charge in [-0.15, -0.1) is 17.5 Å². The highest BCUT2D eigenvalue weighted by Gasteiger charge is 2.22. The SMILES string of the molecule is COc1nc(-c2cnc(CN)nc2)ccc1NC(=O)c1c(-c2ccc(Cl)cn2)nnn1C.Cl. The van der Waals surface area contributed by atoms with E-state index in [0.29, 0.717) is 39.2 Å². The number of nitrogens with zero attached hydrogens (tertiary/aromatic N) is 7. The zero-order valence-corrected chi connectivity index (χ0v) is 19.1. The second-order valence-corrected chi connectivity index (χ2v) is 7.01. The van der Waals surface area contributed by atoms with Crippen molar-refractivity contribution in [3.63, 3.8) is 0 Å². The number of rotatable bonds is 6. The third kappa shape index (κ3) is 5.06. The minimum Gasteiger partial charge on any atom is -0.479 e. The van der Waals surface area contributed by atoms with Crippen molar-refractivity contribution >= 4 is 35.6 Å². The van der Waals surface area contributed by atoms with Gasteiger partial charge in [-0.3, -0.25) is 9.78 Å². The van der Waals surface area contributed by atoms with Gasteiger partial charge in [0.25, 0.3) is 5.91 Å². The second kappa shape index (κ2) is 10.3. The number of nitrogens with two attached hydrogens (primary N) is 1. The van der Waals surface area contributed by atoms with E-state index in [-0.39, 0.29) is 30.5 Å². The number of halogens is 2. The first kappa shape index (κ1) is 24.0. The maximum Gasteiger partial charge on any atom is 0.276 e. The molecular formula is C20H19Cl2N9O2. The molecule has 0 fully saturated rings. The topological polar surface area (TPSA) is 147 Å². The molecule has 0 saturated heterocycles. The quantitative estimate of drug-likeness (QED) is 0.418. The molecule has 33 heavy (non-hydrogen) atoms. The van der Waals surface area contributed by atoms with Crippen LogP contribution in [0.25, 0.3) is 22.6 Å². The molecule has 0 aliphatic heterocycles. The van der Waals surface area contributed by atoms with E-state index in [1.807, 2.05) is 0 Å². The lowest BCUT2D eigenvalue weighted by molar-refractivity contribution is 0.101. The number of carbonyl (C=O) groups is 1. The van der Waals surface area contributed by atoms with Crippen molar-refractivity contribution in [1.82, 2.24) is 34.9 Å². The van der Waals surface area contributed by atoms with Crippen LogP contribution in [0, 0.1) is 0 Å². The smallest absolute Gasteiger partial charge is 0.276 e. The highest BCUT2D eigenvalue weighted by atomic mass is 35.5. The van der Waals surface area contributed by atoms with Crippen LogP contribution >= 0.6 is 24.0 Å². The van der Waals surface area contributed by atoms with E-state index in [9.17, 15) is 4.79 Å². The molecule has 3 N–H and O–H groups in total. The van der Waals surface area contributed by atoms with Crippen molar-refractivity contribution in [2.24, 2.45) is 12.8 Å². The Labute approximate surface area is 199 Å². The third-order valence-corrected chi connectivity index (χ3v) is 4.72. The zero-order chi connectivity index (χ0) is 22.7. The summed E-state index contributed by atoms with van der Waals surface area (Å²) in [4.78, 5) is 30.1. The number of amides is 1. The van der Waals surface area contributed by atoms with Gasteiger partial charge in [0, 0.05) is 31.2 Å². The molecule has 170 valence electrons. The highest BCUT2D eigenvalue weighted by Crippen LogP contribution is 2.28. The predicted molar refractivity (Wildman–Crippen MR) is 124 cm³/mol. The van der Waals surface area contributed by atoms with Crippen LogP contribution in [-0.2, 0) is 13.6 Å². The summed E-state index contributed by atoms with van der Waals surface area (Å²) in [7, 11) is 3.08. The van der Waals surface area contributed by atoms with E-state index in [1.54, 1.807) is 43.7 Å². The molecule has 0 saturated carbocycles. The molecular weight excluding hydrogens is 469 g/mol. The van der Waals surface area contributed by atoms with E-state index in [0.717, 1.165) is 0 Å². The molecule has 4 aromatic rings. The van der Waals surface area contributed by atoms with Crippen LogP contribution in [0.4, 0.5) is 5.69 Å². The highest BCUT2D eigenvalue weighted by molar-refractivity contribution is 6.30. The first-order chi connectivity index (χ1) is 15.5. The Morgan fingerprint density at radius 3 is 2.48 bits per heavy atom. The van der Waals surface area contributed by atoms with E-state index in [1.165, 1.54) is 18.0 Å². The number of anilines is 1. The predicted octanol–water partition coefficient (Wildman–Crippen LogP) is 2.52. The summed E-state index contributed by atoms with van der Waals surface area (Å²) in [5.41, 5.74) is 8.18. The van der Waals surface area contributed by atoms with Crippen LogP contribution in [0.3, 0.4) is 0 Å². The summed E-state index contributed by atoms with van der Waals surface area (Å²) >= 11 is 5.90. The van der Waals surface area contributed by atoms with Gasteiger partial charge in [0.1, 0.15) is 17.2 Å². The number of aromatic nitrogens is 7. The molecule has 0 aromatic carbocycles. The van der Waals surface area contributed by atoms with Gasteiger partial charge in [-0.25, -0.2) is 19.6 Å². The fraction of sp³-hybridized carbons (Fsp3) is 0.150. The largest absolute Gasteiger partial charge is 0.479 e. The first-order valence-corrected chi connectivity index (χ1v) is 9.77. The Balaban J connectivity index is 0.00000306. The first-order valence-electron chi connectivity index (χ1n) is 9.39. The normalized spacial score (nSPS) is 10.4. The Kier molecular flexibility index (Phi) is 7.48. The van der Waals surface area contributed by atoms with Crippen LogP contribution in [-0.4, -0.2) is 47.9 Å². The molecule has 13 heteroatoms. The Hall–Kier alpha value is -3.67. The van der Waals surface area contributed by atoms with Crippen LogP contribution in [0.5, 0.6) is 5.88 Å². The van der Waals surface area contributed by atoms with Gasteiger partial charge in [0.2, 0.25) is 5.88 Å². The zero-order valence-electron chi connectivity index (χ0n) is 17.6. The van der Waals surface area contributed by atoms with Gasteiger partial charge >= 0.3 is 0 Å². The lowest BCUT2D eigenvalue weighted by Gasteiger charge is -2.11. The van der Waals surface area contributed by atoms with Gasteiger partial charge in [0.05, 0.1) is 30.1 Å². The van der Waals surface area contributed by atoms with Gasteiger partial charge in [-0.2, -0.15) is 0 Å². The van der Waals surface area contributed by atoms with Gasteiger partial charge in [-0.05, 0) is 24.3 Å². The second-order valence-electron chi connectivity index (χ2n) is 6.57. The summed E-state index contributed by atoms with van der Waals surface area (Å²) in [5, 5.41) is 11.3. The van der Waals surface area contributed by atoms with Crippen LogP contribution in [0.2, 0.25) is 5.02 Å². The van der Waals surface area contributed by atoms with Crippen molar-refractivity contribution in [2.45, 2.75) is 6.54 Å². The fourth-order valence-corrected chi connectivity index (χ4v) is 3.04. The summed E-state index contributed by atoms with van der Waals surface area (Å²) in [6.45, 7) is 0.248. The number of nitrogens with one attached hydrogen (secondary N) is 1. The number of hydrogen-bond acceptors (Lipinski definition) is 9. The number of pyridine rings is 2.